The predicted molar refractivity (Wildman–Crippen MR) is 80.1 cm³/mol. The summed E-state index contributed by atoms with van der Waals surface area (Å²) in [4.78, 5) is 13.4. The standard InChI is InChI=1S/C16H21F3N2O2/c1-23-14-4-2-3-12(7-14)10-21-6-5-13(11-21)9-20-15(22)8-16(17,18)19/h2-4,7,13H,5-6,8-11H2,1H3,(H,20,22)/t13-/m0/s1. The fourth-order valence-electron chi connectivity index (χ4n) is 2.75. The Kier molecular flexibility index (Phi) is 5.87. The van der Waals surface area contributed by atoms with Crippen LogP contribution in [0.25, 0.3) is 0 Å². The van der Waals surface area contributed by atoms with Crippen LogP contribution in [-0.2, 0) is 11.3 Å². The molecule has 1 N–H and O–H groups in total. The highest BCUT2D eigenvalue weighted by Gasteiger charge is 2.31. The van der Waals surface area contributed by atoms with Gasteiger partial charge in [0.25, 0.3) is 0 Å². The molecule has 0 aliphatic carbocycles. The van der Waals surface area contributed by atoms with E-state index in [1.54, 1.807) is 7.11 Å². The molecule has 4 nitrogen and oxygen atoms in total. The molecule has 1 aromatic rings. The molecule has 1 atom stereocenters. The fourth-order valence-corrected chi connectivity index (χ4v) is 2.75. The molecule has 0 spiro atoms. The maximum Gasteiger partial charge on any atom is 0.397 e. The van der Waals surface area contributed by atoms with Crippen LogP contribution in [-0.4, -0.2) is 43.7 Å². The zero-order valence-corrected chi connectivity index (χ0v) is 13.0. The van der Waals surface area contributed by atoms with Gasteiger partial charge in [-0.25, -0.2) is 0 Å². The Bertz CT molecular complexity index is 534. The summed E-state index contributed by atoms with van der Waals surface area (Å²) in [6.45, 7) is 2.70. The van der Waals surface area contributed by atoms with E-state index in [2.05, 4.69) is 10.2 Å². The summed E-state index contributed by atoms with van der Waals surface area (Å²) in [5, 5.41) is 2.38. The SMILES string of the molecule is COc1cccc(CN2CC[C@@H](CNC(=O)CC(F)(F)F)C2)c1. The van der Waals surface area contributed by atoms with Gasteiger partial charge in [0.1, 0.15) is 12.2 Å². The number of benzene rings is 1. The van der Waals surface area contributed by atoms with Crippen molar-refractivity contribution in [3.8, 4) is 5.75 Å². The molecule has 0 radical (unpaired) electrons. The summed E-state index contributed by atoms with van der Waals surface area (Å²) < 4.78 is 41.5. The van der Waals surface area contributed by atoms with E-state index >= 15 is 0 Å². The summed E-state index contributed by atoms with van der Waals surface area (Å²) in [7, 11) is 1.62. The number of hydrogen-bond acceptors (Lipinski definition) is 3. The van der Waals surface area contributed by atoms with Gasteiger partial charge in [0.2, 0.25) is 5.91 Å². The number of halogens is 3. The molecule has 1 saturated heterocycles. The Labute approximate surface area is 133 Å². The topological polar surface area (TPSA) is 41.6 Å². The number of carbonyl (C=O) groups excluding carboxylic acids is 1. The molecule has 0 unspecified atom stereocenters. The van der Waals surface area contributed by atoms with Crippen LogP contribution in [0.15, 0.2) is 24.3 Å². The molecular formula is C16H21F3N2O2. The number of methoxy groups -OCH3 is 1. The van der Waals surface area contributed by atoms with Gasteiger partial charge in [-0.2, -0.15) is 13.2 Å². The molecule has 128 valence electrons. The first kappa shape index (κ1) is 17.6. The summed E-state index contributed by atoms with van der Waals surface area (Å²) >= 11 is 0. The number of ether oxygens (including phenoxy) is 1. The Morgan fingerprint density at radius 3 is 2.91 bits per heavy atom. The number of hydrogen-bond donors (Lipinski definition) is 1. The van der Waals surface area contributed by atoms with Crippen molar-refractivity contribution < 1.29 is 22.7 Å². The summed E-state index contributed by atoms with van der Waals surface area (Å²) in [6.07, 6.45) is -4.98. The van der Waals surface area contributed by atoms with E-state index < -0.39 is 18.5 Å². The molecule has 1 aromatic carbocycles. The van der Waals surface area contributed by atoms with Crippen LogP contribution in [0.1, 0.15) is 18.4 Å². The second kappa shape index (κ2) is 7.68. The van der Waals surface area contributed by atoms with Crippen LogP contribution < -0.4 is 10.1 Å². The number of alkyl halides is 3. The van der Waals surface area contributed by atoms with Gasteiger partial charge in [0, 0.05) is 19.6 Å². The third kappa shape index (κ3) is 6.09. The van der Waals surface area contributed by atoms with Gasteiger partial charge < -0.3 is 10.1 Å². The maximum atomic E-state index is 12.1. The second-order valence-electron chi connectivity index (χ2n) is 5.84. The van der Waals surface area contributed by atoms with Crippen LogP contribution in [0.3, 0.4) is 0 Å². The second-order valence-corrected chi connectivity index (χ2v) is 5.84. The smallest absolute Gasteiger partial charge is 0.397 e. The number of nitrogens with zero attached hydrogens (tertiary/aromatic N) is 1. The highest BCUT2D eigenvalue weighted by molar-refractivity contribution is 5.76. The molecule has 0 saturated carbocycles. The van der Waals surface area contributed by atoms with Gasteiger partial charge >= 0.3 is 6.18 Å². The monoisotopic (exact) mass is 330 g/mol. The first-order valence-electron chi connectivity index (χ1n) is 7.54. The zero-order valence-electron chi connectivity index (χ0n) is 13.0. The van der Waals surface area contributed by atoms with Crippen LogP contribution in [0.5, 0.6) is 5.75 Å². The molecular weight excluding hydrogens is 309 g/mol. The number of rotatable bonds is 6. The predicted octanol–water partition coefficient (Wildman–Crippen LogP) is 2.59. The van der Waals surface area contributed by atoms with Crippen molar-refractivity contribution in [2.45, 2.75) is 25.6 Å². The molecule has 2 rings (SSSR count). The average molecular weight is 330 g/mol. The lowest BCUT2D eigenvalue weighted by atomic mass is 10.1. The highest BCUT2D eigenvalue weighted by atomic mass is 19.4. The minimum absolute atomic E-state index is 0.192. The van der Waals surface area contributed by atoms with E-state index in [1.807, 2.05) is 24.3 Å². The van der Waals surface area contributed by atoms with Crippen LogP contribution in [0.2, 0.25) is 0 Å². The van der Waals surface area contributed by atoms with Crippen molar-refractivity contribution in [3.63, 3.8) is 0 Å². The van der Waals surface area contributed by atoms with Gasteiger partial charge in [-0.05, 0) is 36.6 Å². The number of likely N-dealkylation sites (tertiary alicyclic amines) is 1. The summed E-state index contributed by atoms with van der Waals surface area (Å²) in [6, 6.07) is 7.80. The number of carbonyl (C=O) groups is 1. The molecule has 1 amide bonds. The Hall–Kier alpha value is -1.76. The summed E-state index contributed by atoms with van der Waals surface area (Å²) in [5.41, 5.74) is 1.13. The Morgan fingerprint density at radius 2 is 2.22 bits per heavy atom. The Morgan fingerprint density at radius 1 is 1.43 bits per heavy atom. The molecule has 7 heteroatoms. The zero-order chi connectivity index (χ0) is 16.9. The molecule has 23 heavy (non-hydrogen) atoms. The molecule has 1 fully saturated rings. The van der Waals surface area contributed by atoms with Crippen molar-refractivity contribution in [2.75, 3.05) is 26.7 Å². The van der Waals surface area contributed by atoms with Gasteiger partial charge in [0.05, 0.1) is 7.11 Å². The quantitative estimate of drug-likeness (QED) is 0.872. The third-order valence-electron chi connectivity index (χ3n) is 3.86. The molecule has 0 aromatic heterocycles. The van der Waals surface area contributed by atoms with Gasteiger partial charge in [0.15, 0.2) is 0 Å². The lowest BCUT2D eigenvalue weighted by Gasteiger charge is -2.17. The minimum atomic E-state index is -4.45. The lowest BCUT2D eigenvalue weighted by Crippen LogP contribution is -2.33. The normalized spacial score (nSPS) is 18.9. The fraction of sp³-hybridized carbons (Fsp3) is 0.562. The number of amides is 1. The van der Waals surface area contributed by atoms with E-state index in [0.717, 1.165) is 37.4 Å². The van der Waals surface area contributed by atoms with Gasteiger partial charge in [-0.3, -0.25) is 9.69 Å². The third-order valence-corrected chi connectivity index (χ3v) is 3.86. The molecule has 1 aliphatic heterocycles. The van der Waals surface area contributed by atoms with Crippen LogP contribution >= 0.6 is 0 Å². The van der Waals surface area contributed by atoms with Gasteiger partial charge in [-0.1, -0.05) is 12.1 Å². The lowest BCUT2D eigenvalue weighted by molar-refractivity contribution is -0.153. The Balaban J connectivity index is 1.74. The van der Waals surface area contributed by atoms with E-state index in [0.29, 0.717) is 6.54 Å². The molecule has 1 aliphatic rings. The van der Waals surface area contributed by atoms with Crippen molar-refractivity contribution >= 4 is 5.91 Å². The average Bonchev–Trinajstić information content (AvgIpc) is 2.91. The first-order chi connectivity index (χ1) is 10.9. The largest absolute Gasteiger partial charge is 0.497 e. The van der Waals surface area contributed by atoms with Crippen LogP contribution in [0, 0.1) is 5.92 Å². The van der Waals surface area contributed by atoms with Crippen molar-refractivity contribution in [2.24, 2.45) is 5.92 Å². The summed E-state index contributed by atoms with van der Waals surface area (Å²) in [5.74, 6) is 0.0409. The van der Waals surface area contributed by atoms with E-state index in [4.69, 9.17) is 4.74 Å². The van der Waals surface area contributed by atoms with Crippen molar-refractivity contribution in [1.82, 2.24) is 10.2 Å². The first-order valence-corrected chi connectivity index (χ1v) is 7.54. The molecule has 1 heterocycles. The van der Waals surface area contributed by atoms with E-state index in [-0.39, 0.29) is 5.92 Å². The van der Waals surface area contributed by atoms with E-state index in [1.165, 1.54) is 0 Å². The van der Waals surface area contributed by atoms with Crippen molar-refractivity contribution in [1.29, 1.82) is 0 Å². The maximum absolute atomic E-state index is 12.1. The highest BCUT2D eigenvalue weighted by Crippen LogP contribution is 2.21. The van der Waals surface area contributed by atoms with E-state index in [9.17, 15) is 18.0 Å². The minimum Gasteiger partial charge on any atom is -0.497 e. The van der Waals surface area contributed by atoms with Crippen molar-refractivity contribution in [3.05, 3.63) is 29.8 Å². The molecule has 0 bridgehead atoms. The number of nitrogens with one attached hydrogen (secondary N) is 1. The van der Waals surface area contributed by atoms with Gasteiger partial charge in [-0.15, -0.1) is 0 Å². The van der Waals surface area contributed by atoms with Crippen LogP contribution in [0.4, 0.5) is 13.2 Å².